The van der Waals surface area contributed by atoms with E-state index in [1.807, 2.05) is 36.5 Å². The number of hydrogen-bond donors (Lipinski definition) is 0. The van der Waals surface area contributed by atoms with Crippen LogP contribution in [0.4, 0.5) is 0 Å². The third-order valence-electron chi connectivity index (χ3n) is 4.31. The Morgan fingerprint density at radius 2 is 1.84 bits per heavy atom. The van der Waals surface area contributed by atoms with Crippen LogP contribution in [0.15, 0.2) is 60.8 Å². The summed E-state index contributed by atoms with van der Waals surface area (Å²) in [6.07, 6.45) is 1.79. The highest BCUT2D eigenvalue weighted by molar-refractivity contribution is 6.31. The molecule has 6 heteroatoms. The summed E-state index contributed by atoms with van der Waals surface area (Å²) in [6.45, 7) is 3.02. The van der Waals surface area contributed by atoms with Crippen LogP contribution >= 0.6 is 11.6 Å². The van der Waals surface area contributed by atoms with Crippen LogP contribution in [0.5, 0.6) is 0 Å². The summed E-state index contributed by atoms with van der Waals surface area (Å²) in [5.74, 6) is 0. The summed E-state index contributed by atoms with van der Waals surface area (Å²) in [7, 11) is 0. The van der Waals surface area contributed by atoms with Crippen molar-refractivity contribution in [3.63, 3.8) is 0 Å². The molecule has 0 unspecified atom stereocenters. The average molecular weight is 355 g/mol. The van der Waals surface area contributed by atoms with Gasteiger partial charge in [-0.3, -0.25) is 4.90 Å². The van der Waals surface area contributed by atoms with Crippen LogP contribution in [0.25, 0.3) is 0 Å². The second-order valence-corrected chi connectivity index (χ2v) is 6.52. The Morgan fingerprint density at radius 3 is 2.68 bits per heavy atom. The summed E-state index contributed by atoms with van der Waals surface area (Å²) >= 11 is 6.23. The summed E-state index contributed by atoms with van der Waals surface area (Å²) in [4.78, 5) is 2.28. The van der Waals surface area contributed by atoms with E-state index >= 15 is 0 Å². The number of halogens is 1. The fourth-order valence-electron chi connectivity index (χ4n) is 3.06. The molecule has 0 bridgehead atoms. The lowest BCUT2D eigenvalue weighted by atomic mass is 10.2. The Balaban J connectivity index is 1.48. The summed E-state index contributed by atoms with van der Waals surface area (Å²) < 4.78 is 7.70. The van der Waals surface area contributed by atoms with Gasteiger partial charge in [0.15, 0.2) is 6.23 Å². The molecule has 0 radical (unpaired) electrons. The van der Waals surface area contributed by atoms with Gasteiger partial charge >= 0.3 is 0 Å². The first kappa shape index (κ1) is 16.3. The molecular formula is C19H19ClN4O. The predicted octanol–water partition coefficient (Wildman–Crippen LogP) is 3.51. The first-order valence-corrected chi connectivity index (χ1v) is 8.70. The molecule has 1 aliphatic rings. The van der Waals surface area contributed by atoms with Crippen molar-refractivity contribution in [2.45, 2.75) is 19.3 Å². The fraction of sp³-hybridized carbons (Fsp3) is 0.263. The predicted molar refractivity (Wildman–Crippen MR) is 96.1 cm³/mol. The van der Waals surface area contributed by atoms with Crippen molar-refractivity contribution in [3.8, 4) is 0 Å². The first-order valence-electron chi connectivity index (χ1n) is 8.32. The van der Waals surface area contributed by atoms with Gasteiger partial charge in [-0.2, -0.15) is 0 Å². The monoisotopic (exact) mass is 354 g/mol. The highest BCUT2D eigenvalue weighted by Gasteiger charge is 2.29. The topological polar surface area (TPSA) is 43.2 Å². The van der Waals surface area contributed by atoms with E-state index in [4.69, 9.17) is 16.3 Å². The normalized spacial score (nSPS) is 17.9. The molecule has 1 aromatic heterocycles. The van der Waals surface area contributed by atoms with Gasteiger partial charge in [0.05, 0.1) is 19.3 Å². The van der Waals surface area contributed by atoms with Crippen molar-refractivity contribution in [1.29, 1.82) is 0 Å². The van der Waals surface area contributed by atoms with Crippen LogP contribution in [-0.2, 0) is 17.8 Å². The van der Waals surface area contributed by atoms with Gasteiger partial charge in [0.25, 0.3) is 0 Å². The molecule has 0 saturated carbocycles. The molecule has 0 amide bonds. The zero-order valence-electron chi connectivity index (χ0n) is 13.8. The van der Waals surface area contributed by atoms with Crippen LogP contribution in [0.3, 0.4) is 0 Å². The number of benzene rings is 2. The number of ether oxygens (including phenoxy) is 1. The van der Waals surface area contributed by atoms with E-state index in [1.54, 1.807) is 4.68 Å². The van der Waals surface area contributed by atoms with E-state index in [-0.39, 0.29) is 6.23 Å². The molecular weight excluding hydrogens is 336 g/mol. The van der Waals surface area contributed by atoms with Crippen LogP contribution < -0.4 is 0 Å². The van der Waals surface area contributed by atoms with Crippen molar-refractivity contribution in [1.82, 2.24) is 19.9 Å². The molecule has 0 N–H and O–H groups in total. The number of aromatic nitrogens is 3. The van der Waals surface area contributed by atoms with Crippen LogP contribution in [-0.4, -0.2) is 33.0 Å². The van der Waals surface area contributed by atoms with E-state index in [0.29, 0.717) is 13.2 Å². The summed E-state index contributed by atoms with van der Waals surface area (Å²) in [5, 5.41) is 9.30. The molecule has 5 nitrogen and oxygen atoms in total. The zero-order valence-corrected chi connectivity index (χ0v) is 14.5. The molecule has 0 spiro atoms. The molecule has 1 atom stereocenters. The lowest BCUT2D eigenvalue weighted by molar-refractivity contribution is 0.0252. The lowest BCUT2D eigenvalue weighted by Gasteiger charge is -2.20. The maximum atomic E-state index is 6.23. The van der Waals surface area contributed by atoms with Crippen LogP contribution in [0.2, 0.25) is 5.02 Å². The van der Waals surface area contributed by atoms with E-state index in [1.165, 1.54) is 5.56 Å². The molecule has 2 heterocycles. The van der Waals surface area contributed by atoms with Gasteiger partial charge in [0, 0.05) is 18.1 Å². The SMILES string of the molecule is Clc1ccccc1Cn1cc([C@H]2OCCN2Cc2ccccc2)nn1. The third kappa shape index (κ3) is 3.74. The standard InChI is InChI=1S/C19H19ClN4O/c20-17-9-5-4-8-16(17)13-24-14-18(21-22-24)19-23(10-11-25-19)12-15-6-2-1-3-7-15/h1-9,14,19H,10-13H2/t19-/m1/s1. The minimum atomic E-state index is -0.153. The molecule has 1 aliphatic heterocycles. The number of nitrogens with zero attached hydrogens (tertiary/aromatic N) is 4. The van der Waals surface area contributed by atoms with Crippen molar-refractivity contribution >= 4 is 11.6 Å². The van der Waals surface area contributed by atoms with Gasteiger partial charge < -0.3 is 4.74 Å². The van der Waals surface area contributed by atoms with E-state index in [9.17, 15) is 0 Å². The summed E-state index contributed by atoms with van der Waals surface area (Å²) in [6, 6.07) is 18.2. The van der Waals surface area contributed by atoms with Crippen molar-refractivity contribution < 1.29 is 4.74 Å². The van der Waals surface area contributed by atoms with Crippen LogP contribution in [0.1, 0.15) is 23.0 Å². The molecule has 1 fully saturated rings. The maximum Gasteiger partial charge on any atom is 0.157 e. The van der Waals surface area contributed by atoms with Crippen molar-refractivity contribution in [2.24, 2.45) is 0 Å². The highest BCUT2D eigenvalue weighted by atomic mass is 35.5. The number of hydrogen-bond acceptors (Lipinski definition) is 4. The first-order chi connectivity index (χ1) is 12.3. The van der Waals surface area contributed by atoms with Gasteiger partial charge in [-0.15, -0.1) is 5.10 Å². The molecule has 2 aromatic carbocycles. The average Bonchev–Trinajstić information content (AvgIpc) is 3.27. The minimum Gasteiger partial charge on any atom is -0.356 e. The van der Waals surface area contributed by atoms with Gasteiger partial charge in [-0.05, 0) is 17.2 Å². The quantitative estimate of drug-likeness (QED) is 0.703. The van der Waals surface area contributed by atoms with Gasteiger partial charge in [-0.25, -0.2) is 4.68 Å². The summed E-state index contributed by atoms with van der Waals surface area (Å²) in [5.41, 5.74) is 3.12. The fourth-order valence-corrected chi connectivity index (χ4v) is 3.26. The minimum absolute atomic E-state index is 0.153. The van der Waals surface area contributed by atoms with E-state index in [2.05, 4.69) is 39.5 Å². The smallest absolute Gasteiger partial charge is 0.157 e. The molecule has 3 aromatic rings. The van der Waals surface area contributed by atoms with Gasteiger partial charge in [-0.1, -0.05) is 65.3 Å². The molecule has 4 rings (SSSR count). The Bertz CT molecular complexity index is 836. The Morgan fingerprint density at radius 1 is 1.04 bits per heavy atom. The molecule has 1 saturated heterocycles. The maximum absolute atomic E-state index is 6.23. The van der Waals surface area contributed by atoms with Crippen molar-refractivity contribution in [3.05, 3.63) is 82.6 Å². The van der Waals surface area contributed by atoms with Gasteiger partial charge in [0.1, 0.15) is 5.69 Å². The zero-order chi connectivity index (χ0) is 17.1. The molecule has 128 valence electrons. The van der Waals surface area contributed by atoms with E-state index < -0.39 is 0 Å². The second-order valence-electron chi connectivity index (χ2n) is 6.11. The van der Waals surface area contributed by atoms with Crippen molar-refractivity contribution in [2.75, 3.05) is 13.2 Å². The Kier molecular flexibility index (Phi) is 4.78. The lowest BCUT2D eigenvalue weighted by Crippen LogP contribution is -2.23. The highest BCUT2D eigenvalue weighted by Crippen LogP contribution is 2.27. The molecule has 0 aliphatic carbocycles. The Hall–Kier alpha value is -2.21. The largest absolute Gasteiger partial charge is 0.356 e. The second kappa shape index (κ2) is 7.35. The van der Waals surface area contributed by atoms with Crippen LogP contribution in [0, 0.1) is 0 Å². The van der Waals surface area contributed by atoms with E-state index in [0.717, 1.165) is 29.4 Å². The number of rotatable bonds is 5. The molecule has 25 heavy (non-hydrogen) atoms. The Labute approximate surface area is 151 Å². The third-order valence-corrected chi connectivity index (χ3v) is 4.68. The van der Waals surface area contributed by atoms with Gasteiger partial charge in [0.2, 0.25) is 0 Å².